The van der Waals surface area contributed by atoms with Crippen molar-refractivity contribution in [1.29, 1.82) is 0 Å². The normalized spacial score (nSPS) is 11.7. The SMILES string of the molecule is CCNC(=NCCCSc1nccs1)N(C)Cc1cccn1C. The number of aromatic nitrogens is 2. The smallest absolute Gasteiger partial charge is 0.194 e. The monoisotopic (exact) mass is 351 g/mol. The van der Waals surface area contributed by atoms with Gasteiger partial charge in [0, 0.05) is 56.4 Å². The number of nitrogens with one attached hydrogen (secondary N) is 1. The van der Waals surface area contributed by atoms with Crippen LogP contribution in [-0.2, 0) is 13.6 Å². The van der Waals surface area contributed by atoms with Gasteiger partial charge in [-0.3, -0.25) is 4.99 Å². The molecule has 0 radical (unpaired) electrons. The van der Waals surface area contributed by atoms with E-state index in [4.69, 9.17) is 4.99 Å². The molecule has 23 heavy (non-hydrogen) atoms. The van der Waals surface area contributed by atoms with E-state index in [1.54, 1.807) is 11.3 Å². The third kappa shape index (κ3) is 5.91. The second kappa shape index (κ2) is 9.62. The quantitative estimate of drug-likeness (QED) is 0.344. The predicted molar refractivity (Wildman–Crippen MR) is 100 cm³/mol. The summed E-state index contributed by atoms with van der Waals surface area (Å²) in [6.45, 7) is 4.66. The second-order valence-electron chi connectivity index (χ2n) is 5.20. The zero-order chi connectivity index (χ0) is 16.5. The highest BCUT2D eigenvalue weighted by Crippen LogP contribution is 2.20. The highest BCUT2D eigenvalue weighted by atomic mass is 32.2. The van der Waals surface area contributed by atoms with Crippen LogP contribution in [0.15, 0.2) is 39.2 Å². The van der Waals surface area contributed by atoms with Crippen LogP contribution in [0.2, 0.25) is 0 Å². The summed E-state index contributed by atoms with van der Waals surface area (Å²) in [5, 5.41) is 5.38. The Balaban J connectivity index is 1.80. The Labute approximate surface area is 146 Å². The van der Waals surface area contributed by atoms with Crippen LogP contribution in [0.4, 0.5) is 0 Å². The van der Waals surface area contributed by atoms with Gasteiger partial charge >= 0.3 is 0 Å². The van der Waals surface area contributed by atoms with Gasteiger partial charge in [-0.25, -0.2) is 4.98 Å². The number of rotatable bonds is 8. The summed E-state index contributed by atoms with van der Waals surface area (Å²) in [7, 11) is 4.15. The van der Waals surface area contributed by atoms with E-state index in [1.165, 1.54) is 5.69 Å². The molecule has 0 saturated carbocycles. The van der Waals surface area contributed by atoms with E-state index in [0.717, 1.165) is 42.1 Å². The second-order valence-corrected chi connectivity index (χ2v) is 7.44. The van der Waals surface area contributed by atoms with Gasteiger partial charge in [0.1, 0.15) is 4.34 Å². The predicted octanol–water partition coefficient (Wildman–Crippen LogP) is 3.06. The molecule has 0 aliphatic carbocycles. The third-order valence-corrected chi connectivity index (χ3v) is 5.40. The standard InChI is InChI=1S/C16H25N5S2/c1-4-17-15(21(3)13-14-7-5-10-20(14)2)18-8-6-11-22-16-19-9-12-23-16/h5,7,9-10,12H,4,6,8,11,13H2,1-3H3,(H,17,18). The molecule has 2 heterocycles. The highest BCUT2D eigenvalue weighted by molar-refractivity contribution is 8.00. The van der Waals surface area contributed by atoms with Gasteiger partial charge in [0.2, 0.25) is 0 Å². The first kappa shape index (κ1) is 17.9. The van der Waals surface area contributed by atoms with Crippen LogP contribution in [-0.4, -0.2) is 46.3 Å². The molecule has 0 fully saturated rings. The van der Waals surface area contributed by atoms with E-state index in [9.17, 15) is 0 Å². The maximum atomic E-state index is 4.73. The number of nitrogens with zero attached hydrogens (tertiary/aromatic N) is 4. The average Bonchev–Trinajstić information content (AvgIpc) is 3.18. The molecule has 2 aromatic heterocycles. The van der Waals surface area contributed by atoms with Crippen molar-refractivity contribution >= 4 is 29.1 Å². The number of hydrogen-bond donors (Lipinski definition) is 1. The van der Waals surface area contributed by atoms with Crippen molar-refractivity contribution in [1.82, 2.24) is 19.8 Å². The Hall–Kier alpha value is -1.47. The summed E-state index contributed by atoms with van der Waals surface area (Å²) < 4.78 is 3.28. The van der Waals surface area contributed by atoms with Crippen molar-refractivity contribution in [2.45, 2.75) is 24.2 Å². The molecular weight excluding hydrogens is 326 g/mol. The zero-order valence-electron chi connectivity index (χ0n) is 14.0. The summed E-state index contributed by atoms with van der Waals surface area (Å²) in [4.78, 5) is 11.2. The van der Waals surface area contributed by atoms with Gasteiger partial charge in [-0.1, -0.05) is 11.8 Å². The molecule has 0 aliphatic rings. The highest BCUT2D eigenvalue weighted by Gasteiger charge is 2.08. The minimum atomic E-state index is 0.832. The van der Waals surface area contributed by atoms with Crippen molar-refractivity contribution in [2.75, 3.05) is 25.9 Å². The van der Waals surface area contributed by atoms with Crippen LogP contribution in [0.5, 0.6) is 0 Å². The molecule has 0 aliphatic heterocycles. The molecule has 7 heteroatoms. The molecule has 0 aromatic carbocycles. The van der Waals surface area contributed by atoms with Gasteiger partial charge in [0.05, 0.1) is 6.54 Å². The van der Waals surface area contributed by atoms with Gasteiger partial charge in [-0.2, -0.15) is 0 Å². The molecule has 0 unspecified atom stereocenters. The first-order valence-corrected chi connectivity index (χ1v) is 9.69. The van der Waals surface area contributed by atoms with Crippen LogP contribution in [0, 0.1) is 0 Å². The summed E-state index contributed by atoms with van der Waals surface area (Å²) in [6, 6.07) is 4.22. The lowest BCUT2D eigenvalue weighted by Gasteiger charge is -2.22. The van der Waals surface area contributed by atoms with Gasteiger partial charge in [-0.05, 0) is 25.5 Å². The van der Waals surface area contributed by atoms with Crippen molar-refractivity contribution in [2.24, 2.45) is 12.0 Å². The van der Waals surface area contributed by atoms with Crippen molar-refractivity contribution in [3.63, 3.8) is 0 Å². The van der Waals surface area contributed by atoms with Crippen molar-refractivity contribution in [3.8, 4) is 0 Å². The van der Waals surface area contributed by atoms with E-state index in [2.05, 4.69) is 59.1 Å². The van der Waals surface area contributed by atoms with E-state index in [-0.39, 0.29) is 0 Å². The molecule has 126 valence electrons. The van der Waals surface area contributed by atoms with Crippen molar-refractivity contribution in [3.05, 3.63) is 35.6 Å². The lowest BCUT2D eigenvalue weighted by atomic mass is 10.4. The number of aliphatic imine (C=N–C) groups is 1. The van der Waals surface area contributed by atoms with Crippen LogP contribution in [0.3, 0.4) is 0 Å². The molecule has 0 bridgehead atoms. The number of aryl methyl sites for hydroxylation is 1. The first-order chi connectivity index (χ1) is 11.2. The van der Waals surface area contributed by atoms with Gasteiger partial charge in [-0.15, -0.1) is 11.3 Å². The molecule has 0 spiro atoms. The topological polar surface area (TPSA) is 45.5 Å². The Kier molecular flexibility index (Phi) is 7.48. The fourth-order valence-corrected chi connectivity index (χ4v) is 3.77. The molecule has 0 amide bonds. The van der Waals surface area contributed by atoms with Crippen LogP contribution in [0.1, 0.15) is 19.0 Å². The fourth-order valence-electron chi connectivity index (χ4n) is 2.14. The van der Waals surface area contributed by atoms with Crippen molar-refractivity contribution < 1.29 is 0 Å². The number of thioether (sulfide) groups is 1. The lowest BCUT2D eigenvalue weighted by molar-refractivity contribution is 0.462. The molecule has 2 aromatic rings. The minimum absolute atomic E-state index is 0.832. The Morgan fingerprint density at radius 3 is 3.04 bits per heavy atom. The summed E-state index contributed by atoms with van der Waals surface area (Å²) in [6.07, 6.45) is 4.98. The molecule has 1 N–H and O–H groups in total. The fraction of sp³-hybridized carbons (Fsp3) is 0.500. The first-order valence-electron chi connectivity index (χ1n) is 7.82. The Bertz CT molecular complexity index is 591. The van der Waals surface area contributed by atoms with E-state index < -0.39 is 0 Å². The zero-order valence-corrected chi connectivity index (χ0v) is 15.7. The maximum Gasteiger partial charge on any atom is 0.194 e. The van der Waals surface area contributed by atoms with Gasteiger partial charge < -0.3 is 14.8 Å². The summed E-state index contributed by atoms with van der Waals surface area (Å²) >= 11 is 3.50. The molecule has 0 saturated heterocycles. The lowest BCUT2D eigenvalue weighted by Crippen LogP contribution is -2.38. The molecule has 0 atom stereocenters. The largest absolute Gasteiger partial charge is 0.357 e. The van der Waals surface area contributed by atoms with Crippen LogP contribution >= 0.6 is 23.1 Å². The average molecular weight is 352 g/mol. The molecule has 5 nitrogen and oxygen atoms in total. The summed E-state index contributed by atoms with van der Waals surface area (Å²) in [5.74, 6) is 2.02. The Morgan fingerprint density at radius 2 is 2.39 bits per heavy atom. The third-order valence-electron chi connectivity index (χ3n) is 3.35. The summed E-state index contributed by atoms with van der Waals surface area (Å²) in [5.41, 5.74) is 1.28. The van der Waals surface area contributed by atoms with E-state index >= 15 is 0 Å². The van der Waals surface area contributed by atoms with E-state index in [1.807, 2.05) is 23.3 Å². The number of guanidine groups is 1. The Morgan fingerprint density at radius 1 is 1.52 bits per heavy atom. The molecule has 2 rings (SSSR count). The maximum absolute atomic E-state index is 4.73. The van der Waals surface area contributed by atoms with Crippen LogP contribution in [0.25, 0.3) is 0 Å². The number of hydrogen-bond acceptors (Lipinski definition) is 4. The number of thiazole rings is 1. The van der Waals surface area contributed by atoms with Crippen LogP contribution < -0.4 is 5.32 Å². The van der Waals surface area contributed by atoms with E-state index in [0.29, 0.717) is 0 Å². The minimum Gasteiger partial charge on any atom is -0.357 e. The van der Waals surface area contributed by atoms with Gasteiger partial charge in [0.15, 0.2) is 5.96 Å². The van der Waals surface area contributed by atoms with Gasteiger partial charge in [0.25, 0.3) is 0 Å². The molecular formula is C16H25N5S2.